The van der Waals surface area contributed by atoms with E-state index in [9.17, 15) is 0 Å². The predicted molar refractivity (Wildman–Crippen MR) is 183 cm³/mol. The Morgan fingerprint density at radius 2 is 1.21 bits per heavy atom. The number of fused-ring (bicyclic) bond motifs is 3. The molecule has 0 bridgehead atoms. The van der Waals surface area contributed by atoms with Crippen LogP contribution in [0.4, 0.5) is 0 Å². The van der Waals surface area contributed by atoms with Gasteiger partial charge in [0.2, 0.25) is 0 Å². The molecule has 0 saturated carbocycles. The Morgan fingerprint density at radius 3 is 1.63 bits per heavy atom. The van der Waals surface area contributed by atoms with Crippen LogP contribution >= 0.6 is 0 Å². The van der Waals surface area contributed by atoms with Crippen molar-refractivity contribution in [1.29, 1.82) is 0 Å². The highest BCUT2D eigenvalue weighted by Gasteiger charge is 2.43. The lowest BCUT2D eigenvalue weighted by Crippen LogP contribution is -2.60. The fraction of sp³-hybridized carbons (Fsp3) is 0.543. The largest absolute Gasteiger partial charge is 0.0801 e. The minimum Gasteiger partial charge on any atom is -0.0801 e. The van der Waals surface area contributed by atoms with Crippen LogP contribution in [0, 0.1) is 0 Å². The normalized spacial score (nSPS) is 16.1. The first-order valence-electron chi connectivity index (χ1n) is 14.8. The summed E-state index contributed by atoms with van der Waals surface area (Å²) >= 11 is 0. The van der Waals surface area contributed by atoms with Gasteiger partial charge in [0.05, 0.1) is 24.2 Å². The Bertz CT molecular complexity index is 1350. The molecule has 0 aromatic heterocycles. The molecule has 0 spiro atoms. The standard InChI is InChI=1S/C35H54Si3/c1-34(2,3)25-20-24-21-26-28(23-18-16-17-19-23)31(35(4,5)6)33(38(13,14)15)32(37(10,11)12)30(26)29(24)27(22-25)36(7,8)9/h16-18,20,22H,19,21H2,1-15H3. The van der Waals surface area contributed by atoms with E-state index in [0.29, 0.717) is 0 Å². The van der Waals surface area contributed by atoms with Gasteiger partial charge in [0.1, 0.15) is 0 Å². The average Bonchev–Trinajstić information content (AvgIpc) is 3.35. The van der Waals surface area contributed by atoms with E-state index in [-0.39, 0.29) is 10.8 Å². The van der Waals surface area contributed by atoms with Crippen LogP contribution in [-0.4, -0.2) is 24.2 Å². The summed E-state index contributed by atoms with van der Waals surface area (Å²) in [6.45, 7) is 38.0. The number of benzene rings is 2. The molecule has 0 unspecified atom stereocenters. The molecule has 38 heavy (non-hydrogen) atoms. The minimum absolute atomic E-state index is 0.102. The zero-order valence-electron chi connectivity index (χ0n) is 27.3. The Balaban J connectivity index is 2.33. The van der Waals surface area contributed by atoms with Gasteiger partial charge in [0.15, 0.2) is 0 Å². The second-order valence-electron chi connectivity index (χ2n) is 17.2. The van der Waals surface area contributed by atoms with Crippen LogP contribution in [0.3, 0.4) is 0 Å². The van der Waals surface area contributed by atoms with Gasteiger partial charge in [-0.15, -0.1) is 0 Å². The van der Waals surface area contributed by atoms with Crippen LogP contribution in [0.2, 0.25) is 58.9 Å². The van der Waals surface area contributed by atoms with Crippen LogP contribution in [0.15, 0.2) is 30.4 Å². The van der Waals surface area contributed by atoms with Gasteiger partial charge in [-0.2, -0.15) is 0 Å². The van der Waals surface area contributed by atoms with Crippen molar-refractivity contribution in [1.82, 2.24) is 0 Å². The summed E-state index contributed by atoms with van der Waals surface area (Å²) in [4.78, 5) is 0. The van der Waals surface area contributed by atoms with Crippen LogP contribution in [0.1, 0.15) is 75.8 Å². The van der Waals surface area contributed by atoms with E-state index < -0.39 is 24.2 Å². The molecule has 0 N–H and O–H groups in total. The molecule has 0 amide bonds. The predicted octanol–water partition coefficient (Wildman–Crippen LogP) is 8.83. The van der Waals surface area contributed by atoms with Gasteiger partial charge in [-0.25, -0.2) is 0 Å². The van der Waals surface area contributed by atoms with Crippen LogP contribution < -0.4 is 15.6 Å². The quantitative estimate of drug-likeness (QED) is 0.281. The van der Waals surface area contributed by atoms with Crippen molar-refractivity contribution < 1.29 is 0 Å². The Labute approximate surface area is 238 Å². The van der Waals surface area contributed by atoms with Gasteiger partial charge in [0.25, 0.3) is 0 Å². The molecule has 4 rings (SSSR count). The summed E-state index contributed by atoms with van der Waals surface area (Å²) in [6.07, 6.45) is 9.24. The highest BCUT2D eigenvalue weighted by Crippen LogP contribution is 2.46. The lowest BCUT2D eigenvalue weighted by Gasteiger charge is -2.40. The van der Waals surface area contributed by atoms with E-state index in [2.05, 4.69) is 131 Å². The Morgan fingerprint density at radius 1 is 0.632 bits per heavy atom. The van der Waals surface area contributed by atoms with Crippen molar-refractivity contribution in [2.45, 2.75) is 124 Å². The van der Waals surface area contributed by atoms with Crippen LogP contribution in [-0.2, 0) is 17.3 Å². The van der Waals surface area contributed by atoms with E-state index >= 15 is 0 Å². The zero-order valence-corrected chi connectivity index (χ0v) is 30.3. The molecule has 0 fully saturated rings. The molecule has 2 aromatic rings. The van der Waals surface area contributed by atoms with Crippen molar-refractivity contribution in [3.05, 3.63) is 58.2 Å². The fourth-order valence-electron chi connectivity index (χ4n) is 6.84. The number of allylic oxidation sites excluding steroid dienone is 4. The number of hydrogen-bond donors (Lipinski definition) is 0. The molecular weight excluding hydrogens is 505 g/mol. The number of hydrogen-bond acceptors (Lipinski definition) is 0. The topological polar surface area (TPSA) is 0 Å². The van der Waals surface area contributed by atoms with E-state index in [0.717, 1.165) is 12.8 Å². The molecule has 2 aliphatic rings. The fourth-order valence-corrected chi connectivity index (χ4v) is 14.7. The maximum Gasteiger partial charge on any atom is 0.0784 e. The monoisotopic (exact) mass is 558 g/mol. The van der Waals surface area contributed by atoms with Crippen molar-refractivity contribution in [2.24, 2.45) is 0 Å². The highest BCUT2D eigenvalue weighted by atomic mass is 28.3. The van der Waals surface area contributed by atoms with E-state index in [4.69, 9.17) is 0 Å². The maximum atomic E-state index is 2.63. The highest BCUT2D eigenvalue weighted by molar-refractivity contribution is 6.99. The third-order valence-electron chi connectivity index (χ3n) is 8.46. The first-order chi connectivity index (χ1) is 17.0. The molecule has 0 radical (unpaired) electrons. The number of rotatable bonds is 4. The SMILES string of the molecule is CC(C)(C)c1cc2c(c([Si](C)(C)C)c1)-c1c(c(C3=CC=CC3)c(C(C)(C)C)c([Si](C)(C)C)c1[Si](C)(C)C)C2. The average molecular weight is 559 g/mol. The van der Waals surface area contributed by atoms with Gasteiger partial charge >= 0.3 is 0 Å². The van der Waals surface area contributed by atoms with E-state index in [1.54, 1.807) is 54.5 Å². The summed E-state index contributed by atoms with van der Waals surface area (Å²) in [5, 5.41) is 5.28. The first kappa shape index (κ1) is 29.6. The van der Waals surface area contributed by atoms with Gasteiger partial charge in [-0.05, 0) is 68.2 Å². The second kappa shape index (κ2) is 9.04. The summed E-state index contributed by atoms with van der Waals surface area (Å²) in [5.74, 6) is 0. The zero-order chi connectivity index (χ0) is 28.8. The van der Waals surface area contributed by atoms with Crippen LogP contribution in [0.5, 0.6) is 0 Å². The molecule has 0 atom stereocenters. The molecule has 3 heteroatoms. The van der Waals surface area contributed by atoms with E-state index in [1.165, 1.54) is 5.56 Å². The third kappa shape index (κ3) is 5.08. The maximum absolute atomic E-state index is 2.63. The second-order valence-corrected chi connectivity index (χ2v) is 32.2. The Kier molecular flexibility index (Phi) is 7.03. The lowest BCUT2D eigenvalue weighted by molar-refractivity contribution is 0.590. The minimum atomic E-state index is -1.70. The first-order valence-corrected chi connectivity index (χ1v) is 25.3. The Hall–Kier alpha value is -1.43. The van der Waals surface area contributed by atoms with Crippen molar-refractivity contribution in [2.75, 3.05) is 0 Å². The molecule has 0 heterocycles. The molecule has 0 aliphatic heterocycles. The van der Waals surface area contributed by atoms with Crippen molar-refractivity contribution >= 4 is 45.4 Å². The lowest BCUT2D eigenvalue weighted by atomic mass is 9.78. The van der Waals surface area contributed by atoms with E-state index in [1.807, 2.05) is 0 Å². The molecule has 2 aliphatic carbocycles. The van der Waals surface area contributed by atoms with Crippen molar-refractivity contribution in [3.8, 4) is 11.1 Å². The molecular formula is C35H54Si3. The van der Waals surface area contributed by atoms with Gasteiger partial charge in [-0.1, -0.05) is 146 Å². The van der Waals surface area contributed by atoms with Gasteiger partial charge < -0.3 is 0 Å². The molecule has 0 nitrogen and oxygen atoms in total. The summed E-state index contributed by atoms with van der Waals surface area (Å²) in [7, 11) is -5.01. The summed E-state index contributed by atoms with van der Waals surface area (Å²) in [6, 6.07) is 5.24. The summed E-state index contributed by atoms with van der Waals surface area (Å²) in [5.41, 5.74) is 13.2. The third-order valence-corrected chi connectivity index (χ3v) is 14.7. The smallest absolute Gasteiger partial charge is 0.0784 e. The molecule has 2 aromatic carbocycles. The van der Waals surface area contributed by atoms with Gasteiger partial charge in [-0.3, -0.25) is 0 Å². The molecule has 0 saturated heterocycles. The summed E-state index contributed by atoms with van der Waals surface area (Å²) < 4.78 is 0. The molecule has 206 valence electrons. The van der Waals surface area contributed by atoms with Crippen molar-refractivity contribution in [3.63, 3.8) is 0 Å². The van der Waals surface area contributed by atoms with Gasteiger partial charge in [0, 0.05) is 0 Å². The van der Waals surface area contributed by atoms with Crippen LogP contribution in [0.25, 0.3) is 16.7 Å².